The minimum absolute atomic E-state index is 0.0323. The zero-order valence-corrected chi connectivity index (χ0v) is 13.1. The molecule has 1 rings (SSSR count). The van der Waals surface area contributed by atoms with Gasteiger partial charge in [0.15, 0.2) is 6.61 Å². The van der Waals surface area contributed by atoms with Crippen molar-refractivity contribution in [3.63, 3.8) is 0 Å². The SMILES string of the molecule is CC[C@H](C)NC(=O)NC(=O)COc1ccc(I)cc1. The molecule has 1 aromatic carbocycles. The van der Waals surface area contributed by atoms with Gasteiger partial charge in [0.25, 0.3) is 5.91 Å². The van der Waals surface area contributed by atoms with Crippen LogP contribution in [-0.4, -0.2) is 24.6 Å². The van der Waals surface area contributed by atoms with Gasteiger partial charge in [-0.1, -0.05) is 6.92 Å². The van der Waals surface area contributed by atoms with Gasteiger partial charge in [-0.2, -0.15) is 0 Å². The smallest absolute Gasteiger partial charge is 0.321 e. The molecular formula is C13H17IN2O3. The van der Waals surface area contributed by atoms with Crippen molar-refractivity contribution < 1.29 is 14.3 Å². The molecule has 0 heterocycles. The van der Waals surface area contributed by atoms with Gasteiger partial charge in [-0.3, -0.25) is 10.1 Å². The largest absolute Gasteiger partial charge is 0.484 e. The number of carbonyl (C=O) groups excluding carboxylic acids is 2. The van der Waals surface area contributed by atoms with Crippen LogP contribution in [0.25, 0.3) is 0 Å². The van der Waals surface area contributed by atoms with Gasteiger partial charge in [-0.15, -0.1) is 0 Å². The van der Waals surface area contributed by atoms with Crippen molar-refractivity contribution in [1.82, 2.24) is 10.6 Å². The molecule has 0 saturated heterocycles. The molecule has 0 bridgehead atoms. The minimum Gasteiger partial charge on any atom is -0.484 e. The molecular weight excluding hydrogens is 359 g/mol. The predicted molar refractivity (Wildman–Crippen MR) is 81.1 cm³/mol. The van der Waals surface area contributed by atoms with E-state index in [4.69, 9.17) is 4.74 Å². The summed E-state index contributed by atoms with van der Waals surface area (Å²) in [5, 5.41) is 4.85. The summed E-state index contributed by atoms with van der Waals surface area (Å²) >= 11 is 2.18. The van der Waals surface area contributed by atoms with Crippen molar-refractivity contribution in [1.29, 1.82) is 0 Å². The van der Waals surface area contributed by atoms with E-state index in [1.807, 2.05) is 26.0 Å². The van der Waals surface area contributed by atoms with E-state index < -0.39 is 11.9 Å². The van der Waals surface area contributed by atoms with Crippen molar-refractivity contribution >= 4 is 34.5 Å². The van der Waals surface area contributed by atoms with Crippen LogP contribution in [0, 0.1) is 3.57 Å². The Hall–Kier alpha value is -1.31. The Morgan fingerprint density at radius 3 is 2.53 bits per heavy atom. The van der Waals surface area contributed by atoms with Crippen LogP contribution in [-0.2, 0) is 4.79 Å². The van der Waals surface area contributed by atoms with Crippen molar-refractivity contribution in [3.8, 4) is 5.75 Å². The number of amides is 3. The molecule has 3 amide bonds. The number of benzene rings is 1. The van der Waals surface area contributed by atoms with Gasteiger partial charge in [0.1, 0.15) is 5.75 Å². The van der Waals surface area contributed by atoms with Gasteiger partial charge in [-0.05, 0) is 60.2 Å². The van der Waals surface area contributed by atoms with Crippen LogP contribution in [0.5, 0.6) is 5.75 Å². The highest BCUT2D eigenvalue weighted by atomic mass is 127. The topological polar surface area (TPSA) is 67.4 Å². The first-order valence-electron chi connectivity index (χ1n) is 6.00. The molecule has 0 aliphatic heterocycles. The molecule has 1 aromatic rings. The summed E-state index contributed by atoms with van der Waals surface area (Å²) in [7, 11) is 0. The van der Waals surface area contributed by atoms with Gasteiger partial charge in [0, 0.05) is 9.61 Å². The fourth-order valence-corrected chi connectivity index (χ4v) is 1.56. The second-order valence-corrected chi connectivity index (χ2v) is 5.32. The average molecular weight is 376 g/mol. The number of halogens is 1. The summed E-state index contributed by atoms with van der Waals surface area (Å²) < 4.78 is 6.35. The van der Waals surface area contributed by atoms with Gasteiger partial charge < -0.3 is 10.1 Å². The molecule has 0 unspecified atom stereocenters. The maximum atomic E-state index is 11.5. The lowest BCUT2D eigenvalue weighted by Crippen LogP contribution is -2.44. The summed E-state index contributed by atoms with van der Waals surface area (Å²) in [5.74, 6) is 0.122. The van der Waals surface area contributed by atoms with Crippen LogP contribution in [0.4, 0.5) is 4.79 Å². The van der Waals surface area contributed by atoms with Gasteiger partial charge >= 0.3 is 6.03 Å². The fraction of sp³-hybridized carbons (Fsp3) is 0.385. The van der Waals surface area contributed by atoms with Crippen molar-refractivity contribution in [3.05, 3.63) is 27.8 Å². The maximum Gasteiger partial charge on any atom is 0.321 e. The van der Waals surface area contributed by atoms with Crippen LogP contribution < -0.4 is 15.4 Å². The van der Waals surface area contributed by atoms with E-state index in [9.17, 15) is 9.59 Å². The number of hydrogen-bond acceptors (Lipinski definition) is 3. The molecule has 5 nitrogen and oxygen atoms in total. The highest BCUT2D eigenvalue weighted by molar-refractivity contribution is 14.1. The lowest BCUT2D eigenvalue weighted by Gasteiger charge is -2.12. The fourth-order valence-electron chi connectivity index (χ4n) is 1.20. The number of nitrogens with one attached hydrogen (secondary N) is 2. The molecule has 0 spiro atoms. The molecule has 1 atom stereocenters. The Kier molecular flexibility index (Phi) is 6.61. The Balaban J connectivity index is 2.31. The molecule has 104 valence electrons. The summed E-state index contributed by atoms with van der Waals surface area (Å²) in [6, 6.07) is 6.84. The zero-order chi connectivity index (χ0) is 14.3. The molecule has 0 saturated carbocycles. The quantitative estimate of drug-likeness (QED) is 0.775. The van der Waals surface area contributed by atoms with Crippen LogP contribution in [0.3, 0.4) is 0 Å². The second-order valence-electron chi connectivity index (χ2n) is 4.07. The number of carbonyl (C=O) groups is 2. The van der Waals surface area contributed by atoms with Gasteiger partial charge in [-0.25, -0.2) is 4.79 Å². The molecule has 0 aromatic heterocycles. The Morgan fingerprint density at radius 2 is 1.95 bits per heavy atom. The Labute approximate surface area is 126 Å². The van der Waals surface area contributed by atoms with Crippen molar-refractivity contribution in [2.75, 3.05) is 6.61 Å². The van der Waals surface area contributed by atoms with Crippen molar-refractivity contribution in [2.24, 2.45) is 0 Å². The number of rotatable bonds is 5. The molecule has 6 heteroatoms. The van der Waals surface area contributed by atoms with E-state index in [1.54, 1.807) is 12.1 Å². The van der Waals surface area contributed by atoms with E-state index in [1.165, 1.54) is 0 Å². The molecule has 0 aliphatic carbocycles. The predicted octanol–water partition coefficient (Wildman–Crippen LogP) is 2.29. The van der Waals surface area contributed by atoms with E-state index in [2.05, 4.69) is 33.2 Å². The van der Waals surface area contributed by atoms with E-state index in [0.29, 0.717) is 5.75 Å². The van der Waals surface area contributed by atoms with E-state index in [-0.39, 0.29) is 12.6 Å². The second kappa shape index (κ2) is 7.98. The monoisotopic (exact) mass is 376 g/mol. The summed E-state index contributed by atoms with van der Waals surface area (Å²) in [6.07, 6.45) is 0.806. The normalized spacial score (nSPS) is 11.5. The first kappa shape index (κ1) is 15.7. The third-order valence-electron chi connectivity index (χ3n) is 2.43. The molecule has 19 heavy (non-hydrogen) atoms. The Bertz CT molecular complexity index is 434. The van der Waals surface area contributed by atoms with Crippen molar-refractivity contribution in [2.45, 2.75) is 26.3 Å². The average Bonchev–Trinajstić information content (AvgIpc) is 2.37. The lowest BCUT2D eigenvalue weighted by atomic mass is 10.3. The van der Waals surface area contributed by atoms with Crippen LogP contribution in [0.2, 0.25) is 0 Å². The number of hydrogen-bond donors (Lipinski definition) is 2. The Morgan fingerprint density at radius 1 is 1.32 bits per heavy atom. The first-order chi connectivity index (χ1) is 9.01. The lowest BCUT2D eigenvalue weighted by molar-refractivity contribution is -0.122. The molecule has 0 radical (unpaired) electrons. The molecule has 0 aliphatic rings. The highest BCUT2D eigenvalue weighted by Crippen LogP contribution is 2.13. The standard InChI is InChI=1S/C13H17IN2O3/c1-3-9(2)15-13(18)16-12(17)8-19-11-6-4-10(14)5-7-11/h4-7,9H,3,8H2,1-2H3,(H2,15,16,17,18)/t9-/m0/s1. The van der Waals surface area contributed by atoms with E-state index >= 15 is 0 Å². The van der Waals surface area contributed by atoms with Crippen LogP contribution in [0.15, 0.2) is 24.3 Å². The van der Waals surface area contributed by atoms with Gasteiger partial charge in [0.2, 0.25) is 0 Å². The minimum atomic E-state index is -0.495. The summed E-state index contributed by atoms with van der Waals surface area (Å²) in [4.78, 5) is 22.8. The zero-order valence-electron chi connectivity index (χ0n) is 10.9. The van der Waals surface area contributed by atoms with Crippen LogP contribution >= 0.6 is 22.6 Å². The number of imide groups is 1. The maximum absolute atomic E-state index is 11.5. The summed E-state index contributed by atoms with van der Waals surface area (Å²) in [6.45, 7) is 3.63. The first-order valence-corrected chi connectivity index (χ1v) is 7.08. The van der Waals surface area contributed by atoms with E-state index in [0.717, 1.165) is 9.99 Å². The number of ether oxygens (including phenoxy) is 1. The number of urea groups is 1. The molecule has 0 fully saturated rings. The van der Waals surface area contributed by atoms with Gasteiger partial charge in [0.05, 0.1) is 0 Å². The third kappa shape index (κ3) is 6.42. The highest BCUT2D eigenvalue weighted by Gasteiger charge is 2.10. The molecule has 2 N–H and O–H groups in total. The third-order valence-corrected chi connectivity index (χ3v) is 3.15. The van der Waals surface area contributed by atoms with Crippen LogP contribution in [0.1, 0.15) is 20.3 Å². The summed E-state index contributed by atoms with van der Waals surface area (Å²) in [5.41, 5.74) is 0.